The SMILES string of the molecule is Clc1ccc(OCCNc2cccc(OCc3ccccc3)c2)c(Cl)c1. The molecule has 3 rings (SSSR count). The highest BCUT2D eigenvalue weighted by atomic mass is 35.5. The minimum atomic E-state index is 0.483. The van der Waals surface area contributed by atoms with Gasteiger partial charge in [0.1, 0.15) is 24.7 Å². The average Bonchev–Trinajstić information content (AvgIpc) is 2.66. The normalized spacial score (nSPS) is 10.4. The number of benzene rings is 3. The summed E-state index contributed by atoms with van der Waals surface area (Å²) in [5.41, 5.74) is 2.11. The van der Waals surface area contributed by atoms with E-state index in [1.807, 2.05) is 54.6 Å². The Morgan fingerprint density at radius 1 is 0.808 bits per heavy atom. The maximum absolute atomic E-state index is 6.09. The Kier molecular flexibility index (Phi) is 6.64. The lowest BCUT2D eigenvalue weighted by Crippen LogP contribution is -2.11. The van der Waals surface area contributed by atoms with E-state index < -0.39 is 0 Å². The molecule has 134 valence electrons. The summed E-state index contributed by atoms with van der Waals surface area (Å²) in [5.74, 6) is 1.44. The molecular weight excluding hydrogens is 369 g/mol. The first-order chi connectivity index (χ1) is 12.7. The van der Waals surface area contributed by atoms with Crippen molar-refractivity contribution in [1.29, 1.82) is 0 Å². The number of ether oxygens (including phenoxy) is 2. The summed E-state index contributed by atoms with van der Waals surface area (Å²) in [5, 5.41) is 4.41. The van der Waals surface area contributed by atoms with Crippen LogP contribution in [-0.4, -0.2) is 13.2 Å². The van der Waals surface area contributed by atoms with Crippen LogP contribution in [0.1, 0.15) is 5.56 Å². The van der Waals surface area contributed by atoms with Crippen LogP contribution in [0.2, 0.25) is 10.0 Å². The van der Waals surface area contributed by atoms with Gasteiger partial charge in [-0.05, 0) is 35.9 Å². The van der Waals surface area contributed by atoms with Crippen molar-refractivity contribution in [3.8, 4) is 11.5 Å². The number of anilines is 1. The largest absolute Gasteiger partial charge is 0.490 e. The van der Waals surface area contributed by atoms with Crippen LogP contribution in [0.3, 0.4) is 0 Å². The van der Waals surface area contributed by atoms with Crippen molar-refractivity contribution in [3.05, 3.63) is 88.4 Å². The monoisotopic (exact) mass is 387 g/mol. The molecular formula is C21H19Cl2NO2. The van der Waals surface area contributed by atoms with Crippen LogP contribution >= 0.6 is 23.2 Å². The van der Waals surface area contributed by atoms with Crippen molar-refractivity contribution in [2.75, 3.05) is 18.5 Å². The van der Waals surface area contributed by atoms with Gasteiger partial charge in [0, 0.05) is 23.3 Å². The summed E-state index contributed by atoms with van der Waals surface area (Å²) in [4.78, 5) is 0. The van der Waals surface area contributed by atoms with Crippen molar-refractivity contribution in [3.63, 3.8) is 0 Å². The Balaban J connectivity index is 1.46. The molecule has 0 saturated carbocycles. The van der Waals surface area contributed by atoms with E-state index in [4.69, 9.17) is 32.7 Å². The number of halogens is 2. The molecule has 0 fully saturated rings. The van der Waals surface area contributed by atoms with Gasteiger partial charge >= 0.3 is 0 Å². The van der Waals surface area contributed by atoms with Crippen LogP contribution in [0.5, 0.6) is 11.5 Å². The topological polar surface area (TPSA) is 30.5 Å². The van der Waals surface area contributed by atoms with Gasteiger partial charge in [0.15, 0.2) is 0 Å². The van der Waals surface area contributed by atoms with Gasteiger partial charge in [0.2, 0.25) is 0 Å². The number of hydrogen-bond donors (Lipinski definition) is 1. The molecule has 0 saturated heterocycles. The quantitative estimate of drug-likeness (QED) is 0.476. The van der Waals surface area contributed by atoms with E-state index in [2.05, 4.69) is 5.32 Å². The van der Waals surface area contributed by atoms with E-state index in [-0.39, 0.29) is 0 Å². The Morgan fingerprint density at radius 2 is 1.65 bits per heavy atom. The highest BCUT2D eigenvalue weighted by Crippen LogP contribution is 2.27. The van der Waals surface area contributed by atoms with Gasteiger partial charge in [-0.25, -0.2) is 0 Å². The second kappa shape index (κ2) is 9.37. The molecule has 0 radical (unpaired) electrons. The van der Waals surface area contributed by atoms with Crippen molar-refractivity contribution in [1.82, 2.24) is 0 Å². The summed E-state index contributed by atoms with van der Waals surface area (Å²) in [6.45, 7) is 1.67. The number of nitrogens with one attached hydrogen (secondary N) is 1. The molecule has 0 spiro atoms. The van der Waals surface area contributed by atoms with Crippen molar-refractivity contribution in [2.45, 2.75) is 6.61 Å². The summed E-state index contributed by atoms with van der Waals surface area (Å²) in [6, 6.07) is 23.1. The Morgan fingerprint density at radius 3 is 2.46 bits per heavy atom. The van der Waals surface area contributed by atoms with Gasteiger partial charge < -0.3 is 14.8 Å². The predicted octanol–water partition coefficient (Wildman–Crippen LogP) is 6.06. The summed E-state index contributed by atoms with van der Waals surface area (Å²) < 4.78 is 11.5. The maximum atomic E-state index is 6.09. The summed E-state index contributed by atoms with van der Waals surface area (Å²) in [6.07, 6.45) is 0. The first kappa shape index (κ1) is 18.4. The van der Waals surface area contributed by atoms with Gasteiger partial charge in [-0.1, -0.05) is 59.6 Å². The molecule has 0 amide bonds. The fourth-order valence-corrected chi connectivity index (χ4v) is 2.85. The van der Waals surface area contributed by atoms with E-state index in [1.165, 1.54) is 0 Å². The van der Waals surface area contributed by atoms with Gasteiger partial charge in [-0.15, -0.1) is 0 Å². The Hall–Kier alpha value is -2.36. The molecule has 0 aliphatic rings. The van der Waals surface area contributed by atoms with E-state index in [0.29, 0.717) is 35.6 Å². The van der Waals surface area contributed by atoms with Crippen LogP contribution in [0.4, 0.5) is 5.69 Å². The Bertz CT molecular complexity index is 840. The minimum absolute atomic E-state index is 0.483. The van der Waals surface area contributed by atoms with E-state index in [1.54, 1.807) is 18.2 Å². The molecule has 0 aliphatic carbocycles. The van der Waals surface area contributed by atoms with Gasteiger partial charge in [-0.2, -0.15) is 0 Å². The van der Waals surface area contributed by atoms with Gasteiger partial charge in [-0.3, -0.25) is 0 Å². The Labute approximate surface area is 163 Å². The van der Waals surface area contributed by atoms with Crippen LogP contribution in [-0.2, 0) is 6.61 Å². The predicted molar refractivity (Wildman–Crippen MR) is 108 cm³/mol. The molecule has 3 aromatic rings. The molecule has 3 aromatic carbocycles. The second-order valence-electron chi connectivity index (χ2n) is 5.65. The first-order valence-electron chi connectivity index (χ1n) is 8.29. The van der Waals surface area contributed by atoms with Crippen LogP contribution in [0, 0.1) is 0 Å². The smallest absolute Gasteiger partial charge is 0.138 e. The van der Waals surface area contributed by atoms with Gasteiger partial charge in [0.05, 0.1) is 5.02 Å². The molecule has 0 unspecified atom stereocenters. The van der Waals surface area contributed by atoms with Crippen molar-refractivity contribution >= 4 is 28.9 Å². The maximum Gasteiger partial charge on any atom is 0.138 e. The highest BCUT2D eigenvalue weighted by molar-refractivity contribution is 6.35. The average molecular weight is 388 g/mol. The number of rotatable bonds is 8. The van der Waals surface area contributed by atoms with E-state index in [9.17, 15) is 0 Å². The van der Waals surface area contributed by atoms with Crippen molar-refractivity contribution < 1.29 is 9.47 Å². The molecule has 0 heterocycles. The molecule has 0 aliphatic heterocycles. The van der Waals surface area contributed by atoms with E-state index in [0.717, 1.165) is 17.0 Å². The summed E-state index contributed by atoms with van der Waals surface area (Å²) in [7, 11) is 0. The lowest BCUT2D eigenvalue weighted by molar-refractivity contribution is 0.306. The molecule has 0 bridgehead atoms. The third-order valence-electron chi connectivity index (χ3n) is 3.67. The molecule has 26 heavy (non-hydrogen) atoms. The zero-order valence-corrected chi connectivity index (χ0v) is 15.6. The van der Waals surface area contributed by atoms with Gasteiger partial charge in [0.25, 0.3) is 0 Å². The zero-order valence-electron chi connectivity index (χ0n) is 14.1. The lowest BCUT2D eigenvalue weighted by atomic mass is 10.2. The zero-order chi connectivity index (χ0) is 18.2. The molecule has 0 atom stereocenters. The number of hydrogen-bond acceptors (Lipinski definition) is 3. The second-order valence-corrected chi connectivity index (χ2v) is 6.50. The van der Waals surface area contributed by atoms with Crippen LogP contribution in [0.15, 0.2) is 72.8 Å². The lowest BCUT2D eigenvalue weighted by Gasteiger charge is -2.11. The third-order valence-corrected chi connectivity index (χ3v) is 4.20. The molecule has 3 nitrogen and oxygen atoms in total. The van der Waals surface area contributed by atoms with Crippen LogP contribution in [0.25, 0.3) is 0 Å². The van der Waals surface area contributed by atoms with Crippen LogP contribution < -0.4 is 14.8 Å². The molecule has 5 heteroatoms. The van der Waals surface area contributed by atoms with E-state index >= 15 is 0 Å². The summed E-state index contributed by atoms with van der Waals surface area (Å²) >= 11 is 12.0. The standard InChI is InChI=1S/C21H19Cl2NO2/c22-17-9-10-21(20(23)13-17)25-12-11-24-18-7-4-8-19(14-18)26-15-16-5-2-1-3-6-16/h1-10,13-14,24H,11-12,15H2. The minimum Gasteiger partial charge on any atom is -0.490 e. The third kappa shape index (κ3) is 5.58. The fraction of sp³-hybridized carbons (Fsp3) is 0.143. The molecule has 1 N–H and O–H groups in total. The first-order valence-corrected chi connectivity index (χ1v) is 9.05. The highest BCUT2D eigenvalue weighted by Gasteiger charge is 2.02. The molecule has 0 aromatic heterocycles. The fourth-order valence-electron chi connectivity index (χ4n) is 2.39. The van der Waals surface area contributed by atoms with Crippen molar-refractivity contribution in [2.24, 2.45) is 0 Å².